The quantitative estimate of drug-likeness (QED) is 0.607. The van der Waals surface area contributed by atoms with Gasteiger partial charge in [0.1, 0.15) is 16.6 Å². The molecule has 0 amide bonds. The van der Waals surface area contributed by atoms with Gasteiger partial charge in [-0.15, -0.1) is 0 Å². The lowest BCUT2D eigenvalue weighted by Gasteiger charge is -2.43. The molecule has 1 heterocycles. The number of aldehydes is 1. The van der Waals surface area contributed by atoms with Gasteiger partial charge in [-0.25, -0.2) is 13.8 Å². The van der Waals surface area contributed by atoms with Crippen molar-refractivity contribution < 1.29 is 13.6 Å². The van der Waals surface area contributed by atoms with Crippen molar-refractivity contribution in [3.63, 3.8) is 0 Å². The van der Waals surface area contributed by atoms with E-state index < -0.39 is 24.2 Å². The van der Waals surface area contributed by atoms with Crippen molar-refractivity contribution in [3.05, 3.63) is 28.0 Å². The van der Waals surface area contributed by atoms with E-state index in [1.807, 2.05) is 0 Å². The zero-order valence-electron chi connectivity index (χ0n) is 8.01. The molecule has 1 saturated carbocycles. The fraction of sp³-hybridized carbons (Fsp3) is 0.400. The molecule has 1 aromatic rings. The summed E-state index contributed by atoms with van der Waals surface area (Å²) in [5.74, 6) is -2.79. The first-order valence-corrected chi connectivity index (χ1v) is 5.30. The minimum absolute atomic E-state index is 0.0962. The van der Waals surface area contributed by atoms with E-state index in [1.54, 1.807) is 0 Å². The van der Waals surface area contributed by atoms with Gasteiger partial charge in [0.05, 0.1) is 5.41 Å². The summed E-state index contributed by atoms with van der Waals surface area (Å²) >= 11 is 11.3. The van der Waals surface area contributed by atoms with Crippen LogP contribution < -0.4 is 0 Å². The maximum Gasteiger partial charge on any atom is 0.250 e. The Bertz CT molecular complexity index is 422. The average molecular weight is 266 g/mol. The van der Waals surface area contributed by atoms with Gasteiger partial charge in [0.2, 0.25) is 0 Å². The smallest absolute Gasteiger partial charge is 0.250 e. The predicted octanol–water partition coefficient (Wildman–Crippen LogP) is 3.25. The fourth-order valence-corrected chi connectivity index (χ4v) is 2.44. The molecule has 2 nitrogen and oxygen atoms in total. The van der Waals surface area contributed by atoms with Gasteiger partial charge in [0.15, 0.2) is 0 Å². The molecule has 0 aliphatic heterocycles. The van der Waals surface area contributed by atoms with Gasteiger partial charge in [0.25, 0.3) is 5.92 Å². The molecule has 86 valence electrons. The number of hydrogen-bond acceptors (Lipinski definition) is 2. The Kier molecular flexibility index (Phi) is 2.67. The molecular formula is C10H7Cl2F2NO. The summed E-state index contributed by atoms with van der Waals surface area (Å²) in [5.41, 5.74) is -0.766. The molecule has 0 bridgehead atoms. The molecule has 1 aromatic heterocycles. The van der Waals surface area contributed by atoms with Crippen molar-refractivity contribution >= 4 is 29.5 Å². The van der Waals surface area contributed by atoms with Gasteiger partial charge in [-0.05, 0) is 17.7 Å². The van der Waals surface area contributed by atoms with Crippen LogP contribution in [0.1, 0.15) is 18.4 Å². The van der Waals surface area contributed by atoms with Crippen LogP contribution in [0.3, 0.4) is 0 Å². The molecule has 0 aromatic carbocycles. The number of rotatable bonds is 2. The molecule has 1 fully saturated rings. The summed E-state index contributed by atoms with van der Waals surface area (Å²) in [6.45, 7) is 0. The van der Waals surface area contributed by atoms with Gasteiger partial charge < -0.3 is 4.79 Å². The molecule has 0 atom stereocenters. The number of pyridine rings is 1. The lowest BCUT2D eigenvalue weighted by atomic mass is 9.63. The van der Waals surface area contributed by atoms with Gasteiger partial charge >= 0.3 is 0 Å². The van der Waals surface area contributed by atoms with Crippen molar-refractivity contribution in [1.82, 2.24) is 4.98 Å². The largest absolute Gasteiger partial charge is 0.302 e. The lowest BCUT2D eigenvalue weighted by molar-refractivity contribution is -0.146. The van der Waals surface area contributed by atoms with Gasteiger partial charge in [-0.1, -0.05) is 23.2 Å². The van der Waals surface area contributed by atoms with E-state index in [-0.39, 0.29) is 10.3 Å². The molecule has 1 aliphatic rings. The number of hydrogen-bond donors (Lipinski definition) is 0. The summed E-state index contributed by atoms with van der Waals surface area (Å²) in [6, 6.07) is 2.80. The van der Waals surface area contributed by atoms with Crippen LogP contribution in [0.2, 0.25) is 10.3 Å². The Morgan fingerprint density at radius 3 is 2.12 bits per heavy atom. The summed E-state index contributed by atoms with van der Waals surface area (Å²) in [6.07, 6.45) is -0.466. The first-order chi connectivity index (χ1) is 7.37. The maximum absolute atomic E-state index is 12.9. The highest BCUT2D eigenvalue weighted by Gasteiger charge is 2.57. The van der Waals surface area contributed by atoms with E-state index in [1.165, 1.54) is 12.1 Å². The fourth-order valence-electron chi connectivity index (χ4n) is 1.98. The predicted molar refractivity (Wildman–Crippen MR) is 56.2 cm³/mol. The van der Waals surface area contributed by atoms with Crippen LogP contribution in [0.5, 0.6) is 0 Å². The highest BCUT2D eigenvalue weighted by atomic mass is 35.5. The Morgan fingerprint density at radius 2 is 1.75 bits per heavy atom. The van der Waals surface area contributed by atoms with Crippen LogP contribution in [0.15, 0.2) is 12.1 Å². The molecule has 6 heteroatoms. The topological polar surface area (TPSA) is 30.0 Å². The van der Waals surface area contributed by atoms with E-state index in [0.29, 0.717) is 11.8 Å². The number of aromatic nitrogens is 1. The first-order valence-electron chi connectivity index (χ1n) is 4.55. The standard InChI is InChI=1S/C10H7Cl2F2NO/c11-7-1-6(2-8(12)15-7)9(5-16)3-10(13,14)4-9/h1-2,5H,3-4H2. The third-order valence-electron chi connectivity index (χ3n) is 2.71. The Labute approximate surface area is 101 Å². The van der Waals surface area contributed by atoms with Crippen molar-refractivity contribution in [2.24, 2.45) is 0 Å². The normalized spacial score (nSPS) is 21.2. The van der Waals surface area contributed by atoms with E-state index in [4.69, 9.17) is 23.2 Å². The van der Waals surface area contributed by atoms with Crippen LogP contribution >= 0.6 is 23.2 Å². The van der Waals surface area contributed by atoms with Crippen molar-refractivity contribution in [3.8, 4) is 0 Å². The SMILES string of the molecule is O=CC1(c2cc(Cl)nc(Cl)c2)CC(F)(F)C1. The average Bonchev–Trinajstić information content (AvgIpc) is 2.11. The van der Waals surface area contributed by atoms with Gasteiger partial charge in [-0.3, -0.25) is 0 Å². The van der Waals surface area contributed by atoms with Crippen molar-refractivity contribution in [1.29, 1.82) is 0 Å². The van der Waals surface area contributed by atoms with E-state index in [2.05, 4.69) is 4.98 Å². The molecule has 0 N–H and O–H groups in total. The van der Waals surface area contributed by atoms with Crippen LogP contribution in [0.25, 0.3) is 0 Å². The summed E-state index contributed by atoms with van der Waals surface area (Å²) in [5, 5.41) is 0.192. The number of alkyl halides is 2. The summed E-state index contributed by atoms with van der Waals surface area (Å²) < 4.78 is 25.7. The second-order valence-corrected chi connectivity index (χ2v) is 4.76. The lowest BCUT2D eigenvalue weighted by Crippen LogP contribution is -2.50. The molecule has 1 aliphatic carbocycles. The third kappa shape index (κ3) is 1.92. The number of carbonyl (C=O) groups excluding carboxylic acids is 1. The molecule has 0 radical (unpaired) electrons. The summed E-state index contributed by atoms with van der Waals surface area (Å²) in [4.78, 5) is 14.7. The third-order valence-corrected chi connectivity index (χ3v) is 3.10. The maximum atomic E-state index is 12.9. The molecule has 0 saturated heterocycles. The van der Waals surface area contributed by atoms with E-state index in [0.717, 1.165) is 0 Å². The highest BCUT2D eigenvalue weighted by molar-refractivity contribution is 6.32. The number of halogens is 4. The minimum Gasteiger partial charge on any atom is -0.302 e. The molecule has 0 unspecified atom stereocenters. The van der Waals surface area contributed by atoms with Crippen LogP contribution in [-0.4, -0.2) is 17.2 Å². The molecule has 2 rings (SSSR count). The minimum atomic E-state index is -2.79. The second-order valence-electron chi connectivity index (χ2n) is 3.98. The molecule has 0 spiro atoms. The monoisotopic (exact) mass is 265 g/mol. The number of nitrogens with zero attached hydrogens (tertiary/aromatic N) is 1. The van der Waals surface area contributed by atoms with Crippen LogP contribution in [0.4, 0.5) is 8.78 Å². The highest BCUT2D eigenvalue weighted by Crippen LogP contribution is 2.52. The van der Waals surface area contributed by atoms with Gasteiger partial charge in [-0.2, -0.15) is 0 Å². The number of carbonyl (C=O) groups is 1. The zero-order valence-corrected chi connectivity index (χ0v) is 9.53. The molecule has 16 heavy (non-hydrogen) atoms. The van der Waals surface area contributed by atoms with Gasteiger partial charge in [0, 0.05) is 12.8 Å². The Morgan fingerprint density at radius 1 is 1.25 bits per heavy atom. The summed E-state index contributed by atoms with van der Waals surface area (Å²) in [7, 11) is 0. The molecular weight excluding hydrogens is 259 g/mol. The zero-order chi connectivity index (χ0) is 12.0. The van der Waals surface area contributed by atoms with Crippen LogP contribution in [-0.2, 0) is 10.2 Å². The Balaban J connectivity index is 2.39. The second kappa shape index (κ2) is 3.64. The van der Waals surface area contributed by atoms with Crippen molar-refractivity contribution in [2.75, 3.05) is 0 Å². The Hall–Kier alpha value is -0.740. The first kappa shape index (κ1) is 11.7. The van der Waals surface area contributed by atoms with E-state index in [9.17, 15) is 13.6 Å². The van der Waals surface area contributed by atoms with Crippen LogP contribution in [0, 0.1) is 0 Å². The van der Waals surface area contributed by atoms with Crippen molar-refractivity contribution in [2.45, 2.75) is 24.2 Å². The van der Waals surface area contributed by atoms with E-state index >= 15 is 0 Å².